The van der Waals surface area contributed by atoms with Crippen LogP contribution in [0.2, 0.25) is 0 Å². The summed E-state index contributed by atoms with van der Waals surface area (Å²) in [7, 11) is 0. The van der Waals surface area contributed by atoms with Gasteiger partial charge in [0.1, 0.15) is 5.60 Å². The second kappa shape index (κ2) is 13.0. The summed E-state index contributed by atoms with van der Waals surface area (Å²) in [5.74, 6) is -4.36. The van der Waals surface area contributed by atoms with Gasteiger partial charge in [-0.05, 0) is 64.8 Å². The fraction of sp³-hybridized carbons (Fsp3) is 0.917. The Bertz CT molecular complexity index is 668. The van der Waals surface area contributed by atoms with Crippen LogP contribution in [-0.4, -0.2) is 73.7 Å². The molecule has 1 aliphatic heterocycles. The van der Waals surface area contributed by atoms with E-state index in [1.807, 2.05) is 20.8 Å². The van der Waals surface area contributed by atoms with Gasteiger partial charge in [-0.25, -0.2) is 27.2 Å². The predicted octanol–water partition coefficient (Wildman–Crippen LogP) is 4.76. The van der Waals surface area contributed by atoms with Crippen LogP contribution in [0.4, 0.5) is 27.2 Å². The first kappa shape index (κ1) is 29.5. The van der Waals surface area contributed by atoms with E-state index in [9.17, 15) is 27.2 Å². The van der Waals surface area contributed by atoms with Gasteiger partial charge in [0.05, 0.1) is 0 Å². The number of hydrogen-bond donors (Lipinski definition) is 3. The molecule has 1 saturated heterocycles. The third-order valence-corrected chi connectivity index (χ3v) is 6.50. The van der Waals surface area contributed by atoms with E-state index in [0.29, 0.717) is 64.3 Å². The summed E-state index contributed by atoms with van der Waals surface area (Å²) >= 11 is 0. The smallest absolute Gasteiger partial charge is 0.407 e. The van der Waals surface area contributed by atoms with Gasteiger partial charge < -0.3 is 25.6 Å². The molecule has 0 bridgehead atoms. The molecule has 0 unspecified atom stereocenters. The molecule has 0 spiro atoms. The van der Waals surface area contributed by atoms with Crippen LogP contribution in [0.25, 0.3) is 0 Å². The Morgan fingerprint density at radius 3 is 2.03 bits per heavy atom. The van der Waals surface area contributed by atoms with E-state index < -0.39 is 23.5 Å². The molecular formula is C24H42F4N4O3. The molecule has 35 heavy (non-hydrogen) atoms. The number of urea groups is 1. The number of ether oxygens (including phenoxy) is 1. The minimum absolute atomic E-state index is 0.00446. The highest BCUT2D eigenvalue weighted by Crippen LogP contribution is 2.37. The van der Waals surface area contributed by atoms with Crippen molar-refractivity contribution >= 4 is 12.1 Å². The van der Waals surface area contributed by atoms with Gasteiger partial charge in [-0.2, -0.15) is 0 Å². The summed E-state index contributed by atoms with van der Waals surface area (Å²) < 4.78 is 56.8. The van der Waals surface area contributed by atoms with E-state index in [1.165, 1.54) is 0 Å². The summed E-state index contributed by atoms with van der Waals surface area (Å²) in [6.45, 7) is 9.28. The SMILES string of the molecule is CC(C)(C)OC(=O)NCCNCC1CCC(F)(F)CC1.O=C1NCCN1CC1CCC(F)(F)CC1. The Morgan fingerprint density at radius 2 is 1.54 bits per heavy atom. The van der Waals surface area contributed by atoms with Crippen molar-refractivity contribution in [2.75, 3.05) is 39.3 Å². The lowest BCUT2D eigenvalue weighted by molar-refractivity contribution is -0.0475. The zero-order valence-corrected chi connectivity index (χ0v) is 21.2. The molecular weight excluding hydrogens is 468 g/mol. The van der Waals surface area contributed by atoms with Gasteiger partial charge in [0.15, 0.2) is 0 Å². The molecule has 3 amide bonds. The minimum atomic E-state index is -2.47. The summed E-state index contributed by atoms with van der Waals surface area (Å²) in [4.78, 5) is 24.3. The molecule has 2 aliphatic carbocycles. The highest BCUT2D eigenvalue weighted by molar-refractivity contribution is 5.76. The van der Waals surface area contributed by atoms with Crippen molar-refractivity contribution < 1.29 is 31.9 Å². The van der Waals surface area contributed by atoms with Crippen LogP contribution in [-0.2, 0) is 4.74 Å². The van der Waals surface area contributed by atoms with E-state index in [4.69, 9.17) is 4.74 Å². The number of nitrogens with zero attached hydrogens (tertiary/aromatic N) is 1. The van der Waals surface area contributed by atoms with Gasteiger partial charge in [-0.3, -0.25) is 0 Å². The second-order valence-corrected chi connectivity index (χ2v) is 10.9. The molecule has 0 radical (unpaired) electrons. The summed E-state index contributed by atoms with van der Waals surface area (Å²) in [6.07, 6.45) is 1.73. The van der Waals surface area contributed by atoms with Gasteiger partial charge in [0.2, 0.25) is 11.8 Å². The first-order chi connectivity index (χ1) is 16.2. The molecule has 2 saturated carbocycles. The maximum absolute atomic E-state index is 13.0. The Labute approximate surface area is 206 Å². The quantitative estimate of drug-likeness (QED) is 0.341. The minimum Gasteiger partial charge on any atom is -0.444 e. The number of halogens is 4. The van der Waals surface area contributed by atoms with Gasteiger partial charge in [-0.1, -0.05) is 0 Å². The van der Waals surface area contributed by atoms with Crippen molar-refractivity contribution in [3.05, 3.63) is 0 Å². The zero-order chi connectivity index (χ0) is 26.1. The molecule has 0 aromatic rings. The number of hydrogen-bond acceptors (Lipinski definition) is 4. The molecule has 11 heteroatoms. The van der Waals surface area contributed by atoms with E-state index >= 15 is 0 Å². The Morgan fingerprint density at radius 1 is 1.00 bits per heavy atom. The largest absolute Gasteiger partial charge is 0.444 e. The lowest BCUT2D eigenvalue weighted by Crippen LogP contribution is -2.38. The fourth-order valence-corrected chi connectivity index (χ4v) is 4.46. The van der Waals surface area contributed by atoms with Crippen LogP contribution < -0.4 is 16.0 Å². The highest BCUT2D eigenvalue weighted by Gasteiger charge is 2.36. The number of carbonyl (C=O) groups excluding carboxylic acids is 2. The van der Waals surface area contributed by atoms with Gasteiger partial charge in [0, 0.05) is 58.4 Å². The van der Waals surface area contributed by atoms with E-state index in [0.717, 1.165) is 6.54 Å². The first-order valence-electron chi connectivity index (χ1n) is 12.7. The van der Waals surface area contributed by atoms with E-state index in [-0.39, 0.29) is 37.6 Å². The number of nitrogens with one attached hydrogen (secondary N) is 3. The third-order valence-electron chi connectivity index (χ3n) is 6.50. The van der Waals surface area contributed by atoms with Crippen molar-refractivity contribution in [3.8, 4) is 0 Å². The Kier molecular flexibility index (Phi) is 10.9. The monoisotopic (exact) mass is 510 g/mol. The Balaban J connectivity index is 0.000000256. The predicted molar refractivity (Wildman–Crippen MR) is 126 cm³/mol. The van der Waals surface area contributed by atoms with Gasteiger partial charge in [-0.15, -0.1) is 0 Å². The topological polar surface area (TPSA) is 82.7 Å². The molecule has 0 atom stereocenters. The van der Waals surface area contributed by atoms with Crippen molar-refractivity contribution in [3.63, 3.8) is 0 Å². The van der Waals surface area contributed by atoms with Crippen LogP contribution in [0.15, 0.2) is 0 Å². The number of amides is 3. The van der Waals surface area contributed by atoms with Crippen molar-refractivity contribution in [1.82, 2.24) is 20.9 Å². The normalized spacial score (nSPS) is 22.7. The van der Waals surface area contributed by atoms with Gasteiger partial charge in [0.25, 0.3) is 0 Å². The molecule has 7 nitrogen and oxygen atoms in total. The standard InChI is InChI=1S/C14H26F2N2O2.C10H16F2N2O/c1-13(2,3)20-12(19)18-9-8-17-10-11-4-6-14(15,16)7-5-11;11-10(12)3-1-8(2-4-10)7-14-6-5-13-9(14)15/h11,17H,4-10H2,1-3H3,(H,18,19);8H,1-7H2,(H,13,15). The van der Waals surface area contributed by atoms with Crippen molar-refractivity contribution in [1.29, 1.82) is 0 Å². The highest BCUT2D eigenvalue weighted by atomic mass is 19.3. The number of alkyl halides is 4. The third kappa shape index (κ3) is 12.1. The van der Waals surface area contributed by atoms with Crippen LogP contribution in [0.5, 0.6) is 0 Å². The number of carbonyl (C=O) groups is 2. The summed E-state index contributed by atoms with van der Waals surface area (Å²) in [5, 5.41) is 8.55. The molecule has 0 aromatic heterocycles. The Hall–Kier alpha value is -1.78. The van der Waals surface area contributed by atoms with Crippen LogP contribution in [0.3, 0.4) is 0 Å². The molecule has 3 rings (SSSR count). The van der Waals surface area contributed by atoms with Gasteiger partial charge >= 0.3 is 12.1 Å². The van der Waals surface area contributed by atoms with Crippen molar-refractivity contribution in [2.45, 2.75) is 89.6 Å². The number of alkyl carbamates (subject to hydrolysis) is 1. The first-order valence-corrected chi connectivity index (χ1v) is 12.7. The van der Waals surface area contributed by atoms with E-state index in [1.54, 1.807) is 4.90 Å². The molecule has 3 fully saturated rings. The molecule has 3 N–H and O–H groups in total. The van der Waals surface area contributed by atoms with Crippen LogP contribution in [0.1, 0.15) is 72.1 Å². The molecule has 3 aliphatic rings. The van der Waals surface area contributed by atoms with Crippen LogP contribution >= 0.6 is 0 Å². The molecule has 0 aromatic carbocycles. The lowest BCUT2D eigenvalue weighted by Gasteiger charge is -2.30. The average molecular weight is 511 g/mol. The zero-order valence-electron chi connectivity index (χ0n) is 21.2. The van der Waals surface area contributed by atoms with Crippen LogP contribution in [0, 0.1) is 11.8 Å². The summed E-state index contributed by atoms with van der Waals surface area (Å²) in [5.41, 5.74) is -0.495. The maximum Gasteiger partial charge on any atom is 0.407 e. The van der Waals surface area contributed by atoms with E-state index in [2.05, 4.69) is 16.0 Å². The summed E-state index contributed by atoms with van der Waals surface area (Å²) in [6, 6.07) is -0.0488. The average Bonchev–Trinajstić information content (AvgIpc) is 3.14. The lowest BCUT2D eigenvalue weighted by atomic mass is 9.86. The maximum atomic E-state index is 13.0. The van der Waals surface area contributed by atoms with Crippen molar-refractivity contribution in [2.24, 2.45) is 11.8 Å². The fourth-order valence-electron chi connectivity index (χ4n) is 4.46. The molecule has 1 heterocycles. The second-order valence-electron chi connectivity index (χ2n) is 10.9. The molecule has 204 valence electrons. The number of rotatable bonds is 7.